The average Bonchev–Trinajstić information content (AvgIpc) is 2.58. The van der Waals surface area contributed by atoms with Crippen molar-refractivity contribution in [2.75, 3.05) is 0 Å². The molecule has 0 bridgehead atoms. The highest BCUT2D eigenvalue weighted by Gasteiger charge is 2.23. The van der Waals surface area contributed by atoms with Crippen LogP contribution in [0, 0.1) is 18.6 Å². The van der Waals surface area contributed by atoms with E-state index in [0.717, 1.165) is 31.0 Å². The quantitative estimate of drug-likeness (QED) is 0.795. The predicted molar refractivity (Wildman–Crippen MR) is 71.6 cm³/mol. The molecule has 0 spiro atoms. The first kappa shape index (κ1) is 13.1. The molecule has 1 aliphatic heterocycles. The van der Waals surface area contributed by atoms with Crippen LogP contribution in [0.15, 0.2) is 18.2 Å². The lowest BCUT2D eigenvalue weighted by atomic mass is 10.1. The van der Waals surface area contributed by atoms with Crippen LogP contribution in [0.4, 0.5) is 8.78 Å². The zero-order valence-corrected chi connectivity index (χ0v) is 11.5. The number of aromatic nitrogens is 2. The first-order chi connectivity index (χ1) is 9.56. The fourth-order valence-electron chi connectivity index (χ4n) is 2.55. The number of benzene rings is 1. The number of hydrogen-bond donors (Lipinski definition) is 0. The van der Waals surface area contributed by atoms with Crippen LogP contribution in [0.5, 0.6) is 5.88 Å². The molecular formula is C15H16F2N2O. The van der Waals surface area contributed by atoms with Gasteiger partial charge in [-0.2, -0.15) is 5.10 Å². The Kier molecular flexibility index (Phi) is 3.20. The normalized spacial score (nSPS) is 18.3. The molecule has 0 aliphatic carbocycles. The van der Waals surface area contributed by atoms with Crippen molar-refractivity contribution >= 4 is 0 Å². The summed E-state index contributed by atoms with van der Waals surface area (Å²) in [5.74, 6) is -0.502. The highest BCUT2D eigenvalue weighted by atomic mass is 19.1. The molecule has 0 fully saturated rings. The molecule has 2 heterocycles. The molecule has 5 heteroatoms. The van der Waals surface area contributed by atoms with Gasteiger partial charge in [0.05, 0.1) is 6.10 Å². The maximum absolute atomic E-state index is 13.9. The van der Waals surface area contributed by atoms with E-state index >= 15 is 0 Å². The number of halogens is 2. The van der Waals surface area contributed by atoms with Crippen LogP contribution < -0.4 is 4.74 Å². The van der Waals surface area contributed by atoms with Crippen LogP contribution in [-0.4, -0.2) is 15.9 Å². The maximum Gasteiger partial charge on any atom is 0.215 e. The highest BCUT2D eigenvalue weighted by Crippen LogP contribution is 2.33. The van der Waals surface area contributed by atoms with Crippen LogP contribution in [-0.2, 0) is 6.54 Å². The summed E-state index contributed by atoms with van der Waals surface area (Å²) in [6, 6.07) is 3.54. The van der Waals surface area contributed by atoms with Gasteiger partial charge < -0.3 is 4.74 Å². The number of nitrogens with zero attached hydrogens (tertiary/aromatic N) is 2. The van der Waals surface area contributed by atoms with Gasteiger partial charge in [0, 0.05) is 23.7 Å². The molecule has 0 amide bonds. The number of rotatable bonds is 1. The van der Waals surface area contributed by atoms with Crippen molar-refractivity contribution in [2.45, 2.75) is 39.3 Å². The topological polar surface area (TPSA) is 27.1 Å². The summed E-state index contributed by atoms with van der Waals surface area (Å²) in [6.45, 7) is 4.62. The standard InChI is InChI=1S/C15H16F2N2O/c1-9-4-3-7-19-15(20-9)10(2)14(18-19)12-6-5-11(16)8-13(12)17/h5-6,8-9H,3-4,7H2,1-2H3/t9-/m0/s1. The smallest absolute Gasteiger partial charge is 0.215 e. The average molecular weight is 278 g/mol. The van der Waals surface area contributed by atoms with Crippen molar-refractivity contribution in [3.63, 3.8) is 0 Å². The van der Waals surface area contributed by atoms with Gasteiger partial charge in [-0.3, -0.25) is 0 Å². The molecule has 0 saturated carbocycles. The van der Waals surface area contributed by atoms with Gasteiger partial charge in [0.1, 0.15) is 17.3 Å². The van der Waals surface area contributed by atoms with E-state index in [2.05, 4.69) is 5.10 Å². The highest BCUT2D eigenvalue weighted by molar-refractivity contribution is 5.65. The first-order valence-electron chi connectivity index (χ1n) is 6.75. The van der Waals surface area contributed by atoms with Crippen molar-refractivity contribution in [3.8, 4) is 17.1 Å². The molecule has 0 radical (unpaired) electrons. The molecule has 0 saturated heterocycles. The van der Waals surface area contributed by atoms with Gasteiger partial charge in [0.15, 0.2) is 0 Å². The number of aryl methyl sites for hydroxylation is 1. The number of hydrogen-bond acceptors (Lipinski definition) is 2. The summed E-state index contributed by atoms with van der Waals surface area (Å²) in [4.78, 5) is 0. The van der Waals surface area contributed by atoms with Gasteiger partial charge in [0.25, 0.3) is 0 Å². The minimum Gasteiger partial charge on any atom is -0.475 e. The minimum absolute atomic E-state index is 0.123. The third-order valence-electron chi connectivity index (χ3n) is 3.61. The molecule has 1 aromatic carbocycles. The van der Waals surface area contributed by atoms with E-state index in [1.54, 1.807) is 4.68 Å². The molecular weight excluding hydrogens is 262 g/mol. The van der Waals surface area contributed by atoms with Crippen molar-refractivity contribution in [1.29, 1.82) is 0 Å². The number of ether oxygens (including phenoxy) is 1. The molecule has 1 aliphatic rings. The minimum atomic E-state index is -0.602. The van der Waals surface area contributed by atoms with Gasteiger partial charge in [-0.15, -0.1) is 0 Å². The Morgan fingerprint density at radius 2 is 2.15 bits per heavy atom. The molecule has 3 rings (SSSR count). The molecule has 106 valence electrons. The van der Waals surface area contributed by atoms with E-state index in [0.29, 0.717) is 17.1 Å². The molecule has 2 aromatic rings. The maximum atomic E-state index is 13.9. The predicted octanol–water partition coefficient (Wildman–Crippen LogP) is 3.70. The first-order valence-corrected chi connectivity index (χ1v) is 6.75. The Balaban J connectivity index is 2.09. The van der Waals surface area contributed by atoms with Crippen LogP contribution in [0.1, 0.15) is 25.3 Å². The Bertz CT molecular complexity index is 652. The summed E-state index contributed by atoms with van der Waals surface area (Å²) in [7, 11) is 0. The van der Waals surface area contributed by atoms with E-state index in [-0.39, 0.29) is 6.10 Å². The summed E-state index contributed by atoms with van der Waals surface area (Å²) < 4.78 is 34.5. The fourth-order valence-corrected chi connectivity index (χ4v) is 2.55. The SMILES string of the molecule is Cc1c(-c2ccc(F)cc2F)nn2c1O[C@@H](C)CCC2. The Labute approximate surface area is 116 Å². The van der Waals surface area contributed by atoms with Crippen molar-refractivity contribution in [2.24, 2.45) is 0 Å². The van der Waals surface area contributed by atoms with Gasteiger partial charge in [0.2, 0.25) is 5.88 Å². The van der Waals surface area contributed by atoms with Crippen LogP contribution in [0.25, 0.3) is 11.3 Å². The van der Waals surface area contributed by atoms with Gasteiger partial charge in [-0.25, -0.2) is 13.5 Å². The zero-order valence-electron chi connectivity index (χ0n) is 11.5. The van der Waals surface area contributed by atoms with E-state index in [9.17, 15) is 8.78 Å². The Morgan fingerprint density at radius 1 is 1.35 bits per heavy atom. The summed E-state index contributed by atoms with van der Waals surface area (Å²) in [5.41, 5.74) is 1.62. The van der Waals surface area contributed by atoms with Crippen molar-refractivity contribution < 1.29 is 13.5 Å². The second-order valence-electron chi connectivity index (χ2n) is 5.20. The van der Waals surface area contributed by atoms with Gasteiger partial charge >= 0.3 is 0 Å². The number of fused-ring (bicyclic) bond motifs is 1. The second kappa shape index (κ2) is 4.89. The lowest BCUT2D eigenvalue weighted by Gasteiger charge is -2.10. The van der Waals surface area contributed by atoms with E-state index in [1.807, 2.05) is 13.8 Å². The van der Waals surface area contributed by atoms with E-state index in [1.165, 1.54) is 12.1 Å². The fraction of sp³-hybridized carbons (Fsp3) is 0.400. The van der Waals surface area contributed by atoms with Crippen LogP contribution in [0.2, 0.25) is 0 Å². The third-order valence-corrected chi connectivity index (χ3v) is 3.61. The third kappa shape index (κ3) is 2.17. The second-order valence-corrected chi connectivity index (χ2v) is 5.20. The molecule has 1 atom stereocenters. The van der Waals surface area contributed by atoms with Crippen molar-refractivity contribution in [3.05, 3.63) is 35.4 Å². The molecule has 0 N–H and O–H groups in total. The van der Waals surface area contributed by atoms with Crippen LogP contribution in [0.3, 0.4) is 0 Å². The molecule has 1 aromatic heterocycles. The monoisotopic (exact) mass is 278 g/mol. The summed E-state index contributed by atoms with van der Waals surface area (Å²) in [6.07, 6.45) is 2.07. The molecule has 0 unspecified atom stereocenters. The summed E-state index contributed by atoms with van der Waals surface area (Å²) >= 11 is 0. The van der Waals surface area contributed by atoms with Gasteiger partial charge in [-0.05, 0) is 38.8 Å². The lowest BCUT2D eigenvalue weighted by Crippen LogP contribution is -2.10. The Morgan fingerprint density at radius 3 is 2.90 bits per heavy atom. The van der Waals surface area contributed by atoms with E-state index < -0.39 is 11.6 Å². The zero-order chi connectivity index (χ0) is 14.3. The van der Waals surface area contributed by atoms with Gasteiger partial charge in [-0.1, -0.05) is 0 Å². The van der Waals surface area contributed by atoms with Crippen molar-refractivity contribution in [1.82, 2.24) is 9.78 Å². The summed E-state index contributed by atoms with van der Waals surface area (Å²) in [5, 5.41) is 4.43. The van der Waals surface area contributed by atoms with E-state index in [4.69, 9.17) is 4.74 Å². The largest absolute Gasteiger partial charge is 0.475 e. The molecule has 20 heavy (non-hydrogen) atoms. The Hall–Kier alpha value is -1.91. The van der Waals surface area contributed by atoms with Crippen LogP contribution >= 0.6 is 0 Å². The lowest BCUT2D eigenvalue weighted by molar-refractivity contribution is 0.207. The molecule has 3 nitrogen and oxygen atoms in total.